The van der Waals surface area contributed by atoms with E-state index in [2.05, 4.69) is 10.3 Å². The van der Waals surface area contributed by atoms with Gasteiger partial charge in [-0.15, -0.1) is 0 Å². The standard InChI is InChI=1S/C21H17FN4O4S/c1-25-19-18(20(28)24-21(25)31-11-12-5-7-14(22)8-6-12)16(10-17(27)23-19)13-3-2-4-15(9-13)26(29)30/h2-9,16H,10-11H2,1H3,(H,23,27). The van der Waals surface area contributed by atoms with Crippen LogP contribution in [0.2, 0.25) is 0 Å². The molecule has 1 amide bonds. The van der Waals surface area contributed by atoms with Crippen molar-refractivity contribution in [2.45, 2.75) is 23.2 Å². The molecule has 1 unspecified atom stereocenters. The van der Waals surface area contributed by atoms with Gasteiger partial charge in [0.2, 0.25) is 5.91 Å². The fraction of sp³-hybridized carbons (Fsp3) is 0.190. The van der Waals surface area contributed by atoms with Gasteiger partial charge in [-0.1, -0.05) is 36.0 Å². The highest BCUT2D eigenvalue weighted by atomic mass is 32.2. The van der Waals surface area contributed by atoms with Gasteiger partial charge in [-0.3, -0.25) is 19.7 Å². The number of rotatable bonds is 5. The van der Waals surface area contributed by atoms with Crippen LogP contribution in [0.5, 0.6) is 0 Å². The second-order valence-corrected chi connectivity index (χ2v) is 8.04. The molecule has 1 aliphatic heterocycles. The number of thioether (sulfide) groups is 1. The summed E-state index contributed by atoms with van der Waals surface area (Å²) < 4.78 is 14.7. The fourth-order valence-corrected chi connectivity index (χ4v) is 4.45. The van der Waals surface area contributed by atoms with Gasteiger partial charge in [0.15, 0.2) is 5.16 Å². The van der Waals surface area contributed by atoms with Gasteiger partial charge in [-0.2, -0.15) is 4.98 Å². The highest BCUT2D eigenvalue weighted by molar-refractivity contribution is 7.98. The van der Waals surface area contributed by atoms with E-state index >= 15 is 0 Å². The lowest BCUT2D eigenvalue weighted by Gasteiger charge is -2.27. The minimum atomic E-state index is -0.633. The Balaban J connectivity index is 1.71. The van der Waals surface area contributed by atoms with Crippen LogP contribution in [0.4, 0.5) is 15.9 Å². The molecule has 8 nitrogen and oxygen atoms in total. The predicted molar refractivity (Wildman–Crippen MR) is 114 cm³/mol. The van der Waals surface area contributed by atoms with Crippen molar-refractivity contribution in [1.29, 1.82) is 0 Å². The van der Waals surface area contributed by atoms with E-state index < -0.39 is 16.4 Å². The number of halogens is 1. The van der Waals surface area contributed by atoms with Crippen LogP contribution in [0.15, 0.2) is 58.5 Å². The zero-order valence-corrected chi connectivity index (χ0v) is 17.2. The number of hydrogen-bond acceptors (Lipinski definition) is 6. The average molecular weight is 440 g/mol. The first-order valence-electron chi connectivity index (χ1n) is 9.36. The molecule has 0 bridgehead atoms. The van der Waals surface area contributed by atoms with Crippen LogP contribution in [0.3, 0.4) is 0 Å². The molecular weight excluding hydrogens is 423 g/mol. The molecule has 1 aliphatic rings. The summed E-state index contributed by atoms with van der Waals surface area (Å²) in [5.41, 5.74) is 1.06. The quantitative estimate of drug-likeness (QED) is 0.281. The summed E-state index contributed by atoms with van der Waals surface area (Å²) in [4.78, 5) is 40.1. The molecule has 158 valence electrons. The monoisotopic (exact) mass is 440 g/mol. The summed E-state index contributed by atoms with van der Waals surface area (Å²) >= 11 is 1.29. The lowest BCUT2D eigenvalue weighted by molar-refractivity contribution is -0.384. The number of nitrogens with one attached hydrogen (secondary N) is 1. The number of benzene rings is 2. The number of carbonyl (C=O) groups excluding carboxylic acids is 1. The molecule has 1 atom stereocenters. The summed E-state index contributed by atoms with van der Waals surface area (Å²) in [6, 6.07) is 12.0. The molecular formula is C21H17FN4O4S. The number of carbonyl (C=O) groups is 1. The maximum Gasteiger partial charge on any atom is 0.279 e. The van der Waals surface area contributed by atoms with Crippen molar-refractivity contribution < 1.29 is 14.1 Å². The van der Waals surface area contributed by atoms with Gasteiger partial charge < -0.3 is 9.88 Å². The van der Waals surface area contributed by atoms with Gasteiger partial charge in [0, 0.05) is 37.3 Å². The molecule has 2 aromatic carbocycles. The van der Waals surface area contributed by atoms with Gasteiger partial charge in [-0.05, 0) is 23.3 Å². The Hall–Kier alpha value is -3.53. The minimum absolute atomic E-state index is 0.00679. The number of aromatic nitrogens is 2. The van der Waals surface area contributed by atoms with Crippen molar-refractivity contribution >= 4 is 29.2 Å². The molecule has 0 saturated heterocycles. The largest absolute Gasteiger partial charge is 0.312 e. The Bertz CT molecular complexity index is 1240. The maximum atomic E-state index is 13.1. The highest BCUT2D eigenvalue weighted by Gasteiger charge is 2.32. The molecule has 0 saturated carbocycles. The minimum Gasteiger partial charge on any atom is -0.312 e. The Labute approximate surface area is 180 Å². The molecule has 0 fully saturated rings. The van der Waals surface area contributed by atoms with Crippen molar-refractivity contribution in [3.8, 4) is 0 Å². The average Bonchev–Trinajstić information content (AvgIpc) is 2.75. The number of fused-ring (bicyclic) bond motifs is 1. The number of nitro benzene ring substituents is 1. The maximum absolute atomic E-state index is 13.1. The third kappa shape index (κ3) is 4.19. The van der Waals surface area contributed by atoms with Gasteiger partial charge in [0.25, 0.3) is 11.2 Å². The summed E-state index contributed by atoms with van der Waals surface area (Å²) in [6.45, 7) is 0. The van der Waals surface area contributed by atoms with E-state index in [0.29, 0.717) is 27.9 Å². The van der Waals surface area contributed by atoms with Crippen LogP contribution in [-0.4, -0.2) is 20.4 Å². The van der Waals surface area contributed by atoms with Crippen molar-refractivity contribution in [3.63, 3.8) is 0 Å². The number of non-ortho nitro benzene ring substituents is 1. The first-order chi connectivity index (χ1) is 14.8. The first-order valence-corrected chi connectivity index (χ1v) is 10.3. The van der Waals surface area contributed by atoms with Crippen LogP contribution >= 0.6 is 11.8 Å². The van der Waals surface area contributed by atoms with E-state index in [1.807, 2.05) is 0 Å². The molecule has 1 aromatic heterocycles. The number of anilines is 1. The Kier molecular flexibility index (Phi) is 5.55. The van der Waals surface area contributed by atoms with E-state index in [9.17, 15) is 24.1 Å². The van der Waals surface area contributed by atoms with Crippen LogP contribution in [0.25, 0.3) is 0 Å². The molecule has 0 radical (unpaired) electrons. The molecule has 10 heteroatoms. The van der Waals surface area contributed by atoms with Crippen molar-refractivity contribution in [2.24, 2.45) is 7.05 Å². The van der Waals surface area contributed by atoms with Gasteiger partial charge in [-0.25, -0.2) is 4.39 Å². The van der Waals surface area contributed by atoms with Crippen molar-refractivity contribution in [3.05, 3.63) is 91.5 Å². The topological polar surface area (TPSA) is 107 Å². The van der Waals surface area contributed by atoms with E-state index in [-0.39, 0.29) is 23.8 Å². The van der Waals surface area contributed by atoms with Crippen molar-refractivity contribution in [2.75, 3.05) is 5.32 Å². The SMILES string of the molecule is Cn1c(SCc2ccc(F)cc2)nc(=O)c2c1NC(=O)CC2c1cccc([N+](=O)[O-])c1. The molecule has 0 aliphatic carbocycles. The summed E-state index contributed by atoms with van der Waals surface area (Å²) in [6.07, 6.45) is -0.00679. The van der Waals surface area contributed by atoms with E-state index in [1.54, 1.807) is 29.8 Å². The second-order valence-electron chi connectivity index (χ2n) is 7.09. The van der Waals surface area contributed by atoms with Gasteiger partial charge in [0.05, 0.1) is 10.5 Å². The van der Waals surface area contributed by atoms with E-state index in [4.69, 9.17) is 0 Å². The number of nitro groups is 1. The lowest BCUT2D eigenvalue weighted by Crippen LogP contribution is -2.33. The second kappa shape index (κ2) is 8.31. The third-order valence-corrected chi connectivity index (χ3v) is 6.17. The summed E-state index contributed by atoms with van der Waals surface area (Å²) in [5.74, 6) is -0.468. The number of amides is 1. The molecule has 31 heavy (non-hydrogen) atoms. The summed E-state index contributed by atoms with van der Waals surface area (Å²) in [7, 11) is 1.69. The number of hydrogen-bond donors (Lipinski definition) is 1. The molecule has 2 heterocycles. The molecule has 1 N–H and O–H groups in total. The Morgan fingerprint density at radius 1 is 1.26 bits per heavy atom. The van der Waals surface area contributed by atoms with Gasteiger partial charge >= 0.3 is 0 Å². The summed E-state index contributed by atoms with van der Waals surface area (Å²) in [5, 5.41) is 14.3. The van der Waals surface area contributed by atoms with Crippen molar-refractivity contribution in [1.82, 2.24) is 9.55 Å². The number of nitrogens with zero attached hydrogens (tertiary/aromatic N) is 3. The zero-order valence-electron chi connectivity index (χ0n) is 16.4. The van der Waals surface area contributed by atoms with Crippen LogP contribution in [0.1, 0.15) is 29.0 Å². The third-order valence-electron chi connectivity index (χ3n) is 5.07. The Morgan fingerprint density at radius 2 is 2.00 bits per heavy atom. The van der Waals surface area contributed by atoms with Crippen LogP contribution < -0.4 is 10.9 Å². The fourth-order valence-electron chi connectivity index (χ4n) is 3.53. The lowest BCUT2D eigenvalue weighted by atomic mass is 9.86. The molecule has 4 rings (SSSR count). The smallest absolute Gasteiger partial charge is 0.279 e. The predicted octanol–water partition coefficient (Wildman–Crippen LogP) is 3.59. The van der Waals surface area contributed by atoms with Gasteiger partial charge in [0.1, 0.15) is 11.6 Å². The molecule has 3 aromatic rings. The van der Waals surface area contributed by atoms with E-state index in [1.165, 1.54) is 42.1 Å². The normalized spacial score (nSPS) is 15.3. The first kappa shape index (κ1) is 20.7. The van der Waals surface area contributed by atoms with Crippen LogP contribution in [-0.2, 0) is 17.6 Å². The Morgan fingerprint density at radius 3 is 2.71 bits per heavy atom. The van der Waals surface area contributed by atoms with Crippen LogP contribution in [0, 0.1) is 15.9 Å². The highest BCUT2D eigenvalue weighted by Crippen LogP contribution is 2.37. The van der Waals surface area contributed by atoms with E-state index in [0.717, 1.165) is 5.56 Å². The molecule has 0 spiro atoms. The zero-order chi connectivity index (χ0) is 22.1.